The van der Waals surface area contributed by atoms with Crippen molar-refractivity contribution in [3.05, 3.63) is 23.7 Å². The Labute approximate surface area is 66.4 Å². The third-order valence-electron chi connectivity index (χ3n) is 2.24. The molecule has 0 saturated heterocycles. The summed E-state index contributed by atoms with van der Waals surface area (Å²) in [6.07, 6.45) is 7.56. The molecule has 0 aliphatic heterocycles. The lowest BCUT2D eigenvalue weighted by atomic mass is 10.1. The summed E-state index contributed by atoms with van der Waals surface area (Å²) in [7, 11) is 0. The van der Waals surface area contributed by atoms with Gasteiger partial charge in [0, 0.05) is 0 Å². The molecule has 0 N–H and O–H groups in total. The van der Waals surface area contributed by atoms with Crippen molar-refractivity contribution in [2.24, 2.45) is 0 Å². The van der Waals surface area contributed by atoms with Gasteiger partial charge in [0.05, 0.1) is 5.41 Å². The number of hydrogen-bond acceptors (Lipinski definition) is 1. The van der Waals surface area contributed by atoms with E-state index in [0.29, 0.717) is 0 Å². The molecule has 1 fully saturated rings. The van der Waals surface area contributed by atoms with E-state index >= 15 is 0 Å². The molecule has 0 unspecified atom stereocenters. The van der Waals surface area contributed by atoms with E-state index in [1.54, 1.807) is 0 Å². The second-order valence-electron chi connectivity index (χ2n) is 3.14. The van der Waals surface area contributed by atoms with Gasteiger partial charge in [-0.25, -0.2) is 0 Å². The standard InChI is InChI=1S/C10H10O/c1-3-10(6-7-10)9-5-4-8(2)11-9/h1,4-5H,6-7H2,2H3. The second-order valence-corrected chi connectivity index (χ2v) is 3.14. The van der Waals surface area contributed by atoms with Gasteiger partial charge in [-0.1, -0.05) is 5.92 Å². The van der Waals surface area contributed by atoms with Gasteiger partial charge in [0.1, 0.15) is 11.5 Å². The maximum absolute atomic E-state index is 5.46. The molecule has 0 aromatic carbocycles. The first kappa shape index (κ1) is 6.54. The highest BCUT2D eigenvalue weighted by Crippen LogP contribution is 2.47. The fourth-order valence-corrected chi connectivity index (χ4v) is 1.28. The van der Waals surface area contributed by atoms with Gasteiger partial charge in [-0.15, -0.1) is 6.42 Å². The fourth-order valence-electron chi connectivity index (χ4n) is 1.28. The third-order valence-corrected chi connectivity index (χ3v) is 2.24. The SMILES string of the molecule is C#CC1(c2ccc(C)o2)CC1. The molecular formula is C10H10O. The lowest BCUT2D eigenvalue weighted by Gasteiger charge is -2.00. The molecule has 1 heteroatoms. The van der Waals surface area contributed by atoms with E-state index in [2.05, 4.69) is 5.92 Å². The van der Waals surface area contributed by atoms with E-state index in [4.69, 9.17) is 10.8 Å². The minimum absolute atomic E-state index is 0.0335. The van der Waals surface area contributed by atoms with E-state index in [0.717, 1.165) is 24.4 Å². The molecule has 0 spiro atoms. The van der Waals surface area contributed by atoms with E-state index in [-0.39, 0.29) is 5.41 Å². The molecule has 2 rings (SSSR count). The minimum Gasteiger partial charge on any atom is -0.465 e. The largest absolute Gasteiger partial charge is 0.465 e. The number of furan rings is 1. The topological polar surface area (TPSA) is 13.1 Å². The summed E-state index contributed by atoms with van der Waals surface area (Å²) in [5, 5.41) is 0. The fraction of sp³-hybridized carbons (Fsp3) is 0.400. The van der Waals surface area contributed by atoms with Crippen LogP contribution in [0.25, 0.3) is 0 Å². The van der Waals surface area contributed by atoms with Crippen LogP contribution in [-0.4, -0.2) is 0 Å². The number of terminal acetylenes is 1. The molecule has 1 aromatic heterocycles. The Balaban J connectivity index is 2.38. The maximum atomic E-state index is 5.46. The van der Waals surface area contributed by atoms with Crippen LogP contribution in [-0.2, 0) is 5.41 Å². The second kappa shape index (κ2) is 1.92. The van der Waals surface area contributed by atoms with Crippen LogP contribution in [0.5, 0.6) is 0 Å². The van der Waals surface area contributed by atoms with E-state index in [1.165, 1.54) is 0 Å². The Morgan fingerprint density at radius 3 is 2.64 bits per heavy atom. The van der Waals surface area contributed by atoms with Crippen molar-refractivity contribution in [2.75, 3.05) is 0 Å². The van der Waals surface area contributed by atoms with Gasteiger partial charge in [-0.2, -0.15) is 0 Å². The summed E-state index contributed by atoms with van der Waals surface area (Å²) in [6.45, 7) is 1.94. The molecule has 1 heterocycles. The summed E-state index contributed by atoms with van der Waals surface area (Å²) in [6, 6.07) is 3.95. The molecule has 0 radical (unpaired) electrons. The van der Waals surface area contributed by atoms with E-state index < -0.39 is 0 Å². The zero-order chi connectivity index (χ0) is 7.90. The van der Waals surface area contributed by atoms with Gasteiger partial charge in [-0.3, -0.25) is 0 Å². The van der Waals surface area contributed by atoms with Gasteiger partial charge in [-0.05, 0) is 31.9 Å². The summed E-state index contributed by atoms with van der Waals surface area (Å²) < 4.78 is 5.46. The molecule has 0 atom stereocenters. The zero-order valence-electron chi connectivity index (χ0n) is 6.55. The number of hydrogen-bond donors (Lipinski definition) is 0. The highest BCUT2D eigenvalue weighted by molar-refractivity contribution is 5.35. The first-order valence-electron chi connectivity index (χ1n) is 3.81. The Bertz CT molecular complexity index is 310. The first-order chi connectivity index (χ1) is 5.27. The van der Waals surface area contributed by atoms with E-state index in [9.17, 15) is 0 Å². The van der Waals surface area contributed by atoms with Gasteiger partial charge < -0.3 is 4.42 Å². The predicted octanol–water partition coefficient (Wildman–Crippen LogP) is 2.25. The molecular weight excluding hydrogens is 136 g/mol. The molecule has 1 saturated carbocycles. The molecule has 1 aliphatic carbocycles. The van der Waals surface area contributed by atoms with Gasteiger partial charge in [0.15, 0.2) is 0 Å². The smallest absolute Gasteiger partial charge is 0.122 e. The zero-order valence-corrected chi connectivity index (χ0v) is 6.55. The van der Waals surface area contributed by atoms with Crippen LogP contribution in [0.4, 0.5) is 0 Å². The number of aryl methyl sites for hydroxylation is 1. The van der Waals surface area contributed by atoms with Crippen LogP contribution in [0, 0.1) is 19.3 Å². The molecule has 1 nitrogen and oxygen atoms in total. The predicted molar refractivity (Wildman–Crippen MR) is 43.2 cm³/mol. The Morgan fingerprint density at radius 2 is 2.27 bits per heavy atom. The molecule has 56 valence electrons. The summed E-state index contributed by atoms with van der Waals surface area (Å²) >= 11 is 0. The molecule has 1 aromatic rings. The average Bonchev–Trinajstić information content (AvgIpc) is 2.70. The van der Waals surface area contributed by atoms with Crippen LogP contribution in [0.3, 0.4) is 0 Å². The molecule has 1 aliphatic rings. The minimum atomic E-state index is -0.0335. The summed E-state index contributed by atoms with van der Waals surface area (Å²) in [5.74, 6) is 4.70. The van der Waals surface area contributed by atoms with Crippen LogP contribution in [0.15, 0.2) is 16.5 Å². The third kappa shape index (κ3) is 0.867. The lowest BCUT2D eigenvalue weighted by molar-refractivity contribution is 0.465. The van der Waals surface area contributed by atoms with Gasteiger partial charge in [0.25, 0.3) is 0 Å². The average molecular weight is 146 g/mol. The summed E-state index contributed by atoms with van der Waals surface area (Å²) in [5.41, 5.74) is -0.0335. The molecule has 11 heavy (non-hydrogen) atoms. The normalized spacial score (nSPS) is 19.3. The van der Waals surface area contributed by atoms with Crippen molar-refractivity contribution in [2.45, 2.75) is 25.2 Å². The highest BCUT2D eigenvalue weighted by Gasteiger charge is 2.45. The Hall–Kier alpha value is -1.16. The molecule has 0 amide bonds. The first-order valence-corrected chi connectivity index (χ1v) is 3.81. The van der Waals surface area contributed by atoms with Crippen LogP contribution in [0.2, 0.25) is 0 Å². The van der Waals surface area contributed by atoms with Crippen LogP contribution in [0.1, 0.15) is 24.4 Å². The van der Waals surface area contributed by atoms with Crippen molar-refractivity contribution in [3.63, 3.8) is 0 Å². The van der Waals surface area contributed by atoms with Crippen molar-refractivity contribution in [1.29, 1.82) is 0 Å². The quantitative estimate of drug-likeness (QED) is 0.554. The van der Waals surface area contributed by atoms with Crippen LogP contribution >= 0.6 is 0 Å². The van der Waals surface area contributed by atoms with Crippen molar-refractivity contribution in [3.8, 4) is 12.3 Å². The molecule has 0 bridgehead atoms. The van der Waals surface area contributed by atoms with Crippen molar-refractivity contribution < 1.29 is 4.42 Å². The number of rotatable bonds is 1. The van der Waals surface area contributed by atoms with Crippen LogP contribution < -0.4 is 0 Å². The van der Waals surface area contributed by atoms with Crippen molar-refractivity contribution in [1.82, 2.24) is 0 Å². The highest BCUT2D eigenvalue weighted by atomic mass is 16.3. The maximum Gasteiger partial charge on any atom is 0.122 e. The van der Waals surface area contributed by atoms with E-state index in [1.807, 2.05) is 19.1 Å². The monoisotopic (exact) mass is 146 g/mol. The summed E-state index contributed by atoms with van der Waals surface area (Å²) in [4.78, 5) is 0. The Kier molecular flexibility index (Phi) is 1.14. The van der Waals surface area contributed by atoms with Gasteiger partial charge in [0.2, 0.25) is 0 Å². The van der Waals surface area contributed by atoms with Crippen molar-refractivity contribution >= 4 is 0 Å². The lowest BCUT2D eigenvalue weighted by Crippen LogP contribution is -1.99. The van der Waals surface area contributed by atoms with Gasteiger partial charge >= 0.3 is 0 Å². The Morgan fingerprint density at radius 1 is 1.55 bits per heavy atom.